The summed E-state index contributed by atoms with van der Waals surface area (Å²) in [7, 11) is 3.17. The molecule has 0 spiro atoms. The minimum Gasteiger partial charge on any atom is -0.493 e. The molecule has 76 valence electrons. The summed E-state index contributed by atoms with van der Waals surface area (Å²) < 4.78 is 15.3. The van der Waals surface area contributed by atoms with E-state index in [2.05, 4.69) is 6.58 Å². The Morgan fingerprint density at radius 2 is 2.07 bits per heavy atom. The number of hydrogen-bond acceptors (Lipinski definition) is 3. The highest BCUT2D eigenvalue weighted by molar-refractivity contribution is 5.54. The monoisotopic (exact) mass is 194 g/mol. The van der Waals surface area contributed by atoms with Crippen molar-refractivity contribution in [1.82, 2.24) is 0 Å². The summed E-state index contributed by atoms with van der Waals surface area (Å²) in [6, 6.07) is 5.59. The van der Waals surface area contributed by atoms with E-state index in [0.29, 0.717) is 11.5 Å². The van der Waals surface area contributed by atoms with E-state index in [4.69, 9.17) is 14.2 Å². The Morgan fingerprint density at radius 1 is 1.29 bits per heavy atom. The molecule has 0 saturated carbocycles. The summed E-state index contributed by atoms with van der Waals surface area (Å²) in [5, 5.41) is 0. The average molecular weight is 194 g/mol. The van der Waals surface area contributed by atoms with Gasteiger partial charge in [-0.1, -0.05) is 18.7 Å². The molecule has 0 amide bonds. The first kappa shape index (κ1) is 10.6. The first-order valence-corrected chi connectivity index (χ1v) is 4.24. The smallest absolute Gasteiger partial charge is 0.188 e. The molecule has 0 atom stereocenters. The van der Waals surface area contributed by atoms with Gasteiger partial charge in [0.2, 0.25) is 0 Å². The van der Waals surface area contributed by atoms with Gasteiger partial charge in [-0.05, 0) is 17.7 Å². The fourth-order valence-electron chi connectivity index (χ4n) is 1.05. The third kappa shape index (κ3) is 2.50. The maximum Gasteiger partial charge on any atom is 0.188 e. The van der Waals surface area contributed by atoms with Crippen LogP contribution in [0.3, 0.4) is 0 Å². The van der Waals surface area contributed by atoms with E-state index >= 15 is 0 Å². The molecule has 0 fully saturated rings. The Labute approximate surface area is 83.9 Å². The lowest BCUT2D eigenvalue weighted by Crippen LogP contribution is -2.00. The summed E-state index contributed by atoms with van der Waals surface area (Å²) >= 11 is 0. The van der Waals surface area contributed by atoms with Gasteiger partial charge in [0.15, 0.2) is 18.3 Å². The Hall–Kier alpha value is -1.48. The lowest BCUT2D eigenvalue weighted by Gasteiger charge is -2.10. The molecule has 3 nitrogen and oxygen atoms in total. The van der Waals surface area contributed by atoms with Crippen LogP contribution in [0.4, 0.5) is 0 Å². The fraction of sp³-hybridized carbons (Fsp3) is 0.273. The molecule has 1 aromatic carbocycles. The zero-order valence-electron chi connectivity index (χ0n) is 8.45. The first-order valence-electron chi connectivity index (χ1n) is 4.24. The van der Waals surface area contributed by atoms with Crippen molar-refractivity contribution in [3.05, 3.63) is 30.3 Å². The summed E-state index contributed by atoms with van der Waals surface area (Å²) in [4.78, 5) is 0. The molecular formula is C11H14O3. The van der Waals surface area contributed by atoms with Gasteiger partial charge >= 0.3 is 0 Å². The number of benzene rings is 1. The van der Waals surface area contributed by atoms with Gasteiger partial charge in [0, 0.05) is 7.11 Å². The highest BCUT2D eigenvalue weighted by Crippen LogP contribution is 2.28. The second-order valence-corrected chi connectivity index (χ2v) is 2.67. The average Bonchev–Trinajstić information content (AvgIpc) is 2.26. The van der Waals surface area contributed by atoms with E-state index in [1.54, 1.807) is 20.3 Å². The standard InChI is InChI=1S/C11H14O3/c1-4-9-5-6-10(14-8-12-2)11(7-9)13-3/h4-7H,1,8H2,2-3H3. The molecule has 0 aliphatic rings. The largest absolute Gasteiger partial charge is 0.493 e. The van der Waals surface area contributed by atoms with E-state index in [0.717, 1.165) is 5.56 Å². The summed E-state index contributed by atoms with van der Waals surface area (Å²) in [5.74, 6) is 1.35. The molecule has 0 aliphatic carbocycles. The van der Waals surface area contributed by atoms with Crippen LogP contribution in [0.5, 0.6) is 11.5 Å². The van der Waals surface area contributed by atoms with Gasteiger partial charge in [0.1, 0.15) is 0 Å². The third-order valence-electron chi connectivity index (χ3n) is 1.76. The summed E-state index contributed by atoms with van der Waals surface area (Å²) in [6.45, 7) is 3.89. The summed E-state index contributed by atoms with van der Waals surface area (Å²) in [6.07, 6.45) is 1.75. The highest BCUT2D eigenvalue weighted by atomic mass is 16.7. The van der Waals surface area contributed by atoms with Crippen LogP contribution in [0.1, 0.15) is 5.56 Å². The summed E-state index contributed by atoms with van der Waals surface area (Å²) in [5.41, 5.74) is 0.992. The van der Waals surface area contributed by atoms with Crippen molar-refractivity contribution in [2.24, 2.45) is 0 Å². The van der Waals surface area contributed by atoms with Gasteiger partial charge in [0.05, 0.1) is 7.11 Å². The van der Waals surface area contributed by atoms with Gasteiger partial charge < -0.3 is 14.2 Å². The van der Waals surface area contributed by atoms with Crippen molar-refractivity contribution in [3.8, 4) is 11.5 Å². The first-order chi connectivity index (χ1) is 6.81. The lowest BCUT2D eigenvalue weighted by atomic mass is 10.2. The van der Waals surface area contributed by atoms with Crippen LogP contribution in [0.2, 0.25) is 0 Å². The molecule has 0 aromatic heterocycles. The van der Waals surface area contributed by atoms with Crippen LogP contribution in [0.15, 0.2) is 24.8 Å². The fourth-order valence-corrected chi connectivity index (χ4v) is 1.05. The molecular weight excluding hydrogens is 180 g/mol. The quantitative estimate of drug-likeness (QED) is 0.673. The van der Waals surface area contributed by atoms with Crippen LogP contribution in [-0.4, -0.2) is 21.0 Å². The van der Waals surface area contributed by atoms with Crippen molar-refractivity contribution in [2.75, 3.05) is 21.0 Å². The minimum absolute atomic E-state index is 0.212. The van der Waals surface area contributed by atoms with E-state index in [9.17, 15) is 0 Å². The number of rotatable bonds is 5. The normalized spacial score (nSPS) is 9.57. The zero-order chi connectivity index (χ0) is 10.4. The minimum atomic E-state index is 0.212. The van der Waals surface area contributed by atoms with Crippen LogP contribution >= 0.6 is 0 Å². The van der Waals surface area contributed by atoms with Crippen molar-refractivity contribution in [3.63, 3.8) is 0 Å². The molecule has 14 heavy (non-hydrogen) atoms. The Balaban J connectivity index is 2.87. The molecule has 0 bridgehead atoms. The van der Waals surface area contributed by atoms with E-state index in [1.165, 1.54) is 0 Å². The van der Waals surface area contributed by atoms with Gasteiger partial charge in [-0.2, -0.15) is 0 Å². The van der Waals surface area contributed by atoms with Gasteiger partial charge in [-0.25, -0.2) is 0 Å². The SMILES string of the molecule is C=Cc1ccc(OCOC)c(OC)c1. The zero-order valence-corrected chi connectivity index (χ0v) is 8.45. The van der Waals surface area contributed by atoms with E-state index in [-0.39, 0.29) is 6.79 Å². The molecule has 0 saturated heterocycles. The molecule has 0 aliphatic heterocycles. The molecule has 1 aromatic rings. The van der Waals surface area contributed by atoms with Crippen molar-refractivity contribution in [2.45, 2.75) is 0 Å². The van der Waals surface area contributed by atoms with Crippen molar-refractivity contribution >= 4 is 6.08 Å². The van der Waals surface area contributed by atoms with Gasteiger partial charge in [-0.15, -0.1) is 0 Å². The third-order valence-corrected chi connectivity index (χ3v) is 1.76. The predicted molar refractivity (Wildman–Crippen MR) is 55.6 cm³/mol. The van der Waals surface area contributed by atoms with Crippen LogP contribution in [0.25, 0.3) is 6.08 Å². The predicted octanol–water partition coefficient (Wildman–Crippen LogP) is 2.32. The van der Waals surface area contributed by atoms with Gasteiger partial charge in [-0.3, -0.25) is 0 Å². The molecule has 3 heteroatoms. The van der Waals surface area contributed by atoms with Crippen molar-refractivity contribution < 1.29 is 14.2 Å². The van der Waals surface area contributed by atoms with Crippen LogP contribution in [0, 0.1) is 0 Å². The number of hydrogen-bond donors (Lipinski definition) is 0. The number of methoxy groups -OCH3 is 2. The van der Waals surface area contributed by atoms with Gasteiger partial charge in [0.25, 0.3) is 0 Å². The van der Waals surface area contributed by atoms with Crippen LogP contribution < -0.4 is 9.47 Å². The maximum absolute atomic E-state index is 5.30. The van der Waals surface area contributed by atoms with E-state index < -0.39 is 0 Å². The molecule has 0 unspecified atom stereocenters. The Kier molecular flexibility index (Phi) is 4.01. The molecule has 1 rings (SSSR count). The second-order valence-electron chi connectivity index (χ2n) is 2.67. The number of ether oxygens (including phenoxy) is 3. The second kappa shape index (κ2) is 5.29. The highest BCUT2D eigenvalue weighted by Gasteiger charge is 2.03. The van der Waals surface area contributed by atoms with Crippen LogP contribution in [-0.2, 0) is 4.74 Å². The Morgan fingerprint density at radius 3 is 2.64 bits per heavy atom. The molecule has 0 heterocycles. The maximum atomic E-state index is 5.30. The molecule has 0 N–H and O–H groups in total. The van der Waals surface area contributed by atoms with E-state index in [1.807, 2.05) is 18.2 Å². The Bertz CT molecular complexity index is 307. The van der Waals surface area contributed by atoms with Crippen molar-refractivity contribution in [1.29, 1.82) is 0 Å². The lowest BCUT2D eigenvalue weighted by molar-refractivity contribution is 0.0491. The molecule has 0 radical (unpaired) electrons. The topological polar surface area (TPSA) is 27.7 Å².